The average Bonchev–Trinajstić information content (AvgIpc) is 2.90. The van der Waals surface area contributed by atoms with Crippen LogP contribution in [-0.2, 0) is 4.74 Å². The SMILES string of the molecule is COCC#Cc1cnc2c(c1)C(=O)N([C@H](C)CO)C[C@@H](C)[C@H](CN(C)C(=O)Nc1ccc(OC)cc1)O2. The molecule has 1 aliphatic rings. The number of amides is 3. The first-order chi connectivity index (χ1) is 17.8. The maximum Gasteiger partial charge on any atom is 0.321 e. The van der Waals surface area contributed by atoms with E-state index >= 15 is 0 Å². The molecule has 0 fully saturated rings. The molecule has 0 spiro atoms. The molecule has 2 N–H and O–H groups in total. The maximum atomic E-state index is 13.4. The molecular formula is C27H34N4O6. The van der Waals surface area contributed by atoms with Gasteiger partial charge in [-0.25, -0.2) is 9.78 Å². The molecule has 0 aliphatic carbocycles. The Kier molecular flexibility index (Phi) is 9.71. The first-order valence-electron chi connectivity index (χ1n) is 12.0. The molecule has 10 heteroatoms. The topological polar surface area (TPSA) is 113 Å². The Bertz CT molecular complexity index is 1140. The Morgan fingerprint density at radius 3 is 2.73 bits per heavy atom. The van der Waals surface area contributed by atoms with Crippen LogP contribution in [0.2, 0.25) is 0 Å². The van der Waals surface area contributed by atoms with Crippen LogP contribution < -0.4 is 14.8 Å². The third-order valence-corrected chi connectivity index (χ3v) is 6.11. The van der Waals surface area contributed by atoms with Crippen molar-refractivity contribution in [2.24, 2.45) is 5.92 Å². The van der Waals surface area contributed by atoms with Gasteiger partial charge < -0.3 is 34.4 Å². The van der Waals surface area contributed by atoms with Gasteiger partial charge in [0.2, 0.25) is 5.88 Å². The van der Waals surface area contributed by atoms with Crippen LogP contribution >= 0.6 is 0 Å². The predicted molar refractivity (Wildman–Crippen MR) is 139 cm³/mol. The quantitative estimate of drug-likeness (QED) is 0.550. The maximum absolute atomic E-state index is 13.4. The first kappa shape index (κ1) is 27.8. The number of urea groups is 1. The van der Waals surface area contributed by atoms with Gasteiger partial charge in [-0.2, -0.15) is 0 Å². The summed E-state index contributed by atoms with van der Waals surface area (Å²) in [5.74, 6) is 6.18. The molecule has 3 rings (SSSR count). The molecular weight excluding hydrogens is 476 g/mol. The average molecular weight is 511 g/mol. The molecule has 198 valence electrons. The van der Waals surface area contributed by atoms with Gasteiger partial charge in [0.1, 0.15) is 24.0 Å². The fourth-order valence-electron chi connectivity index (χ4n) is 3.84. The molecule has 0 unspecified atom stereocenters. The molecule has 1 aromatic carbocycles. The van der Waals surface area contributed by atoms with Crippen LogP contribution in [0.25, 0.3) is 0 Å². The number of aliphatic hydroxyl groups excluding tert-OH is 1. The number of anilines is 1. The molecule has 0 saturated carbocycles. The van der Waals surface area contributed by atoms with Gasteiger partial charge in [0, 0.05) is 44.1 Å². The van der Waals surface area contributed by atoms with Gasteiger partial charge in [-0.3, -0.25) is 4.79 Å². The second-order valence-corrected chi connectivity index (χ2v) is 8.97. The van der Waals surface area contributed by atoms with E-state index in [-0.39, 0.29) is 49.1 Å². The molecule has 3 amide bonds. The fourth-order valence-corrected chi connectivity index (χ4v) is 3.84. The number of nitrogens with one attached hydrogen (secondary N) is 1. The number of hydrogen-bond acceptors (Lipinski definition) is 7. The summed E-state index contributed by atoms with van der Waals surface area (Å²) in [6.07, 6.45) is 1.07. The Morgan fingerprint density at radius 1 is 1.35 bits per heavy atom. The molecule has 1 aliphatic heterocycles. The van der Waals surface area contributed by atoms with E-state index in [4.69, 9.17) is 14.2 Å². The van der Waals surface area contributed by atoms with E-state index in [9.17, 15) is 14.7 Å². The monoisotopic (exact) mass is 510 g/mol. The number of nitrogens with zero attached hydrogens (tertiary/aromatic N) is 3. The highest BCUT2D eigenvalue weighted by atomic mass is 16.5. The number of ether oxygens (including phenoxy) is 3. The summed E-state index contributed by atoms with van der Waals surface area (Å²) < 4.78 is 16.3. The molecule has 3 atom stereocenters. The van der Waals surface area contributed by atoms with Gasteiger partial charge >= 0.3 is 6.03 Å². The molecule has 10 nitrogen and oxygen atoms in total. The number of carbonyl (C=O) groups is 2. The summed E-state index contributed by atoms with van der Waals surface area (Å²) in [4.78, 5) is 33.8. The van der Waals surface area contributed by atoms with E-state index in [1.807, 2.05) is 6.92 Å². The summed E-state index contributed by atoms with van der Waals surface area (Å²) in [5, 5.41) is 12.7. The summed E-state index contributed by atoms with van der Waals surface area (Å²) in [7, 11) is 4.81. The van der Waals surface area contributed by atoms with E-state index in [2.05, 4.69) is 22.1 Å². The number of pyridine rings is 1. The number of fused-ring (bicyclic) bond motifs is 1. The summed E-state index contributed by atoms with van der Waals surface area (Å²) in [6, 6.07) is 7.95. The van der Waals surface area contributed by atoms with Gasteiger partial charge in [0.25, 0.3) is 5.91 Å². The lowest BCUT2D eigenvalue weighted by molar-refractivity contribution is 0.0356. The van der Waals surface area contributed by atoms with Crippen LogP contribution in [0.3, 0.4) is 0 Å². The van der Waals surface area contributed by atoms with Gasteiger partial charge in [-0.15, -0.1) is 0 Å². The molecule has 0 saturated heterocycles. The van der Waals surface area contributed by atoms with Crippen molar-refractivity contribution in [3.63, 3.8) is 0 Å². The van der Waals surface area contributed by atoms with E-state index in [0.717, 1.165) is 0 Å². The number of carbonyl (C=O) groups excluding carboxylic acids is 2. The lowest BCUT2D eigenvalue weighted by atomic mass is 10.00. The zero-order valence-electron chi connectivity index (χ0n) is 21.9. The third-order valence-electron chi connectivity index (χ3n) is 6.11. The standard InChI is InChI=1S/C27H34N4O6/c1-18-15-31(19(2)17-32)26(33)23-13-20(7-6-12-35-4)14-28-25(23)37-24(18)16-30(3)27(34)29-21-8-10-22(36-5)11-9-21/h8-11,13-14,18-19,24,32H,12,15-17H2,1-5H3,(H,29,34)/t18-,19-,24+/m1/s1. The van der Waals surface area contributed by atoms with Crippen molar-refractivity contribution in [2.75, 3.05) is 52.9 Å². The van der Waals surface area contributed by atoms with Crippen molar-refractivity contribution in [3.05, 3.63) is 47.7 Å². The summed E-state index contributed by atoms with van der Waals surface area (Å²) >= 11 is 0. The number of rotatable bonds is 7. The molecule has 0 radical (unpaired) electrons. The number of aliphatic hydroxyl groups is 1. The first-order valence-corrected chi connectivity index (χ1v) is 12.0. The Labute approximate surface area is 217 Å². The zero-order valence-corrected chi connectivity index (χ0v) is 21.9. The number of benzene rings is 1. The van der Waals surface area contributed by atoms with Crippen molar-refractivity contribution >= 4 is 17.6 Å². The minimum atomic E-state index is -0.468. The van der Waals surface area contributed by atoms with Gasteiger partial charge in [0.15, 0.2) is 0 Å². The lowest BCUT2D eigenvalue weighted by Gasteiger charge is -2.37. The van der Waals surface area contributed by atoms with Gasteiger partial charge in [0.05, 0.1) is 26.3 Å². The molecule has 0 bridgehead atoms. The highest BCUT2D eigenvalue weighted by Crippen LogP contribution is 2.27. The van der Waals surface area contributed by atoms with Crippen molar-refractivity contribution in [1.82, 2.24) is 14.8 Å². The van der Waals surface area contributed by atoms with Crippen molar-refractivity contribution in [2.45, 2.75) is 26.0 Å². The minimum Gasteiger partial charge on any atom is -0.497 e. The zero-order chi connectivity index (χ0) is 26.9. The largest absolute Gasteiger partial charge is 0.497 e. The van der Waals surface area contributed by atoms with Crippen LogP contribution in [0, 0.1) is 17.8 Å². The van der Waals surface area contributed by atoms with Gasteiger partial charge in [-0.1, -0.05) is 18.8 Å². The summed E-state index contributed by atoms with van der Waals surface area (Å²) in [5.41, 5.74) is 1.43. The van der Waals surface area contributed by atoms with Crippen LogP contribution in [-0.4, -0.2) is 91.5 Å². The van der Waals surface area contributed by atoms with Crippen molar-refractivity contribution in [1.29, 1.82) is 0 Å². The molecule has 1 aromatic heterocycles. The molecule has 2 heterocycles. The fraction of sp³-hybridized carbons (Fsp3) is 0.444. The number of likely N-dealkylation sites (N-methyl/N-ethyl adjacent to an activating group) is 1. The highest BCUT2D eigenvalue weighted by molar-refractivity contribution is 5.97. The van der Waals surface area contributed by atoms with E-state index < -0.39 is 12.1 Å². The van der Waals surface area contributed by atoms with E-state index in [0.29, 0.717) is 23.5 Å². The van der Waals surface area contributed by atoms with Crippen LogP contribution in [0.15, 0.2) is 36.5 Å². The minimum absolute atomic E-state index is 0.162. The Hall–Kier alpha value is -3.81. The third kappa shape index (κ3) is 7.12. The predicted octanol–water partition coefficient (Wildman–Crippen LogP) is 2.47. The lowest BCUT2D eigenvalue weighted by Crippen LogP contribution is -2.50. The molecule has 37 heavy (non-hydrogen) atoms. The van der Waals surface area contributed by atoms with E-state index in [1.54, 1.807) is 63.4 Å². The smallest absolute Gasteiger partial charge is 0.321 e. The van der Waals surface area contributed by atoms with Crippen LogP contribution in [0.1, 0.15) is 29.8 Å². The highest BCUT2D eigenvalue weighted by Gasteiger charge is 2.34. The summed E-state index contributed by atoms with van der Waals surface area (Å²) in [6.45, 7) is 4.36. The normalized spacial score (nSPS) is 17.8. The van der Waals surface area contributed by atoms with Crippen molar-refractivity contribution in [3.8, 4) is 23.5 Å². The second-order valence-electron chi connectivity index (χ2n) is 8.97. The second kappa shape index (κ2) is 12.9. The van der Waals surface area contributed by atoms with Gasteiger partial charge in [-0.05, 0) is 37.3 Å². The number of methoxy groups -OCH3 is 2. The van der Waals surface area contributed by atoms with E-state index in [1.165, 1.54) is 11.1 Å². The number of aromatic nitrogens is 1. The Balaban J connectivity index is 1.84. The van der Waals surface area contributed by atoms with Crippen molar-refractivity contribution < 1.29 is 28.9 Å². The number of hydrogen-bond donors (Lipinski definition) is 2. The van der Waals surface area contributed by atoms with Crippen LogP contribution in [0.5, 0.6) is 11.6 Å². The Morgan fingerprint density at radius 2 is 2.08 bits per heavy atom. The molecule has 2 aromatic rings. The van der Waals surface area contributed by atoms with Crippen LogP contribution in [0.4, 0.5) is 10.5 Å².